The van der Waals surface area contributed by atoms with Crippen molar-refractivity contribution in [2.75, 3.05) is 26.7 Å². The minimum Gasteiger partial charge on any atom is -0.469 e. The van der Waals surface area contributed by atoms with Crippen LogP contribution in [0.15, 0.2) is 48.0 Å². The van der Waals surface area contributed by atoms with Gasteiger partial charge in [-0.05, 0) is 31.4 Å². The second-order valence-electron chi connectivity index (χ2n) is 6.55. The summed E-state index contributed by atoms with van der Waals surface area (Å²) in [7, 11) is 1.46. The van der Waals surface area contributed by atoms with E-state index >= 15 is 0 Å². The van der Waals surface area contributed by atoms with Crippen molar-refractivity contribution in [2.45, 2.75) is 26.3 Å². The molecule has 1 fully saturated rings. The van der Waals surface area contributed by atoms with Crippen molar-refractivity contribution in [1.29, 1.82) is 0 Å². The number of para-hydroxylation sites is 1. The molecule has 0 atom stereocenters. The first kappa shape index (κ1) is 22.2. The summed E-state index contributed by atoms with van der Waals surface area (Å²) in [6, 6.07) is 8.21. The number of hydrogen-bond donors (Lipinski definition) is 1. The molecule has 2 heterocycles. The van der Waals surface area contributed by atoms with Crippen LogP contribution in [-0.4, -0.2) is 53.1 Å². The zero-order chi connectivity index (χ0) is 19.1. The number of methoxy groups -OCH3 is 1. The van der Waals surface area contributed by atoms with Crippen molar-refractivity contribution in [3.8, 4) is 5.69 Å². The number of likely N-dealkylation sites (tertiary alicyclic amines) is 1. The number of piperidine rings is 1. The van der Waals surface area contributed by atoms with Crippen molar-refractivity contribution in [1.82, 2.24) is 19.8 Å². The molecule has 28 heavy (non-hydrogen) atoms. The van der Waals surface area contributed by atoms with Crippen LogP contribution >= 0.6 is 24.0 Å². The van der Waals surface area contributed by atoms with Gasteiger partial charge in [-0.3, -0.25) is 4.79 Å². The lowest BCUT2D eigenvalue weighted by molar-refractivity contribution is -0.146. The molecule has 1 aromatic carbocycles. The van der Waals surface area contributed by atoms with Gasteiger partial charge < -0.3 is 19.5 Å². The Morgan fingerprint density at radius 1 is 1.32 bits per heavy atom. The Balaban J connectivity index is 0.00000280. The highest BCUT2D eigenvalue weighted by molar-refractivity contribution is 14.0. The lowest BCUT2D eigenvalue weighted by Gasteiger charge is -2.33. The highest BCUT2D eigenvalue weighted by atomic mass is 127. The van der Waals surface area contributed by atoms with E-state index in [4.69, 9.17) is 9.73 Å². The summed E-state index contributed by atoms with van der Waals surface area (Å²) in [5, 5.41) is 3.38. The number of nitrogens with one attached hydrogen (secondary N) is 1. The van der Waals surface area contributed by atoms with Crippen LogP contribution < -0.4 is 5.32 Å². The van der Waals surface area contributed by atoms with Gasteiger partial charge in [0.25, 0.3) is 0 Å². The third-order valence-corrected chi connectivity index (χ3v) is 4.84. The molecular formula is C20H28IN5O2. The highest BCUT2D eigenvalue weighted by Crippen LogP contribution is 2.19. The fraction of sp³-hybridized carbons (Fsp3) is 0.450. The van der Waals surface area contributed by atoms with E-state index in [0.717, 1.165) is 49.7 Å². The Bertz CT molecular complexity index is 771. The topological polar surface area (TPSA) is 71.8 Å². The summed E-state index contributed by atoms with van der Waals surface area (Å²) in [6.45, 7) is 5.05. The molecule has 0 radical (unpaired) electrons. The molecular weight excluding hydrogens is 469 g/mol. The summed E-state index contributed by atoms with van der Waals surface area (Å²) in [5.41, 5.74) is 2.22. The molecule has 1 N–H and O–H groups in total. The van der Waals surface area contributed by atoms with Gasteiger partial charge in [-0.2, -0.15) is 0 Å². The van der Waals surface area contributed by atoms with Gasteiger partial charge >= 0.3 is 5.97 Å². The third kappa shape index (κ3) is 5.46. The summed E-state index contributed by atoms with van der Waals surface area (Å²) >= 11 is 0. The zero-order valence-electron chi connectivity index (χ0n) is 16.4. The molecule has 8 heteroatoms. The number of benzene rings is 1. The molecule has 0 unspecified atom stereocenters. The van der Waals surface area contributed by atoms with E-state index in [2.05, 4.69) is 34.3 Å². The second-order valence-corrected chi connectivity index (χ2v) is 6.55. The van der Waals surface area contributed by atoms with E-state index < -0.39 is 0 Å². The first-order chi connectivity index (χ1) is 13.2. The van der Waals surface area contributed by atoms with Crippen molar-refractivity contribution >= 4 is 35.9 Å². The molecule has 152 valence electrons. The molecule has 0 spiro atoms. The van der Waals surface area contributed by atoms with Gasteiger partial charge in [-0.25, -0.2) is 9.98 Å². The summed E-state index contributed by atoms with van der Waals surface area (Å²) < 4.78 is 6.88. The Morgan fingerprint density at radius 3 is 2.71 bits per heavy atom. The van der Waals surface area contributed by atoms with Gasteiger partial charge in [0.1, 0.15) is 0 Å². The molecule has 1 aliphatic rings. The molecule has 7 nitrogen and oxygen atoms in total. The molecule has 0 bridgehead atoms. The van der Waals surface area contributed by atoms with Crippen LogP contribution in [0.1, 0.15) is 25.3 Å². The second kappa shape index (κ2) is 11.0. The van der Waals surface area contributed by atoms with Crippen LogP contribution in [0.25, 0.3) is 5.69 Å². The van der Waals surface area contributed by atoms with Crippen molar-refractivity contribution < 1.29 is 9.53 Å². The maximum Gasteiger partial charge on any atom is 0.308 e. The van der Waals surface area contributed by atoms with Gasteiger partial charge in [-0.1, -0.05) is 18.2 Å². The monoisotopic (exact) mass is 497 g/mol. The van der Waals surface area contributed by atoms with Gasteiger partial charge in [0.2, 0.25) is 0 Å². The summed E-state index contributed by atoms with van der Waals surface area (Å²) in [6.07, 6.45) is 7.09. The number of nitrogens with zero attached hydrogens (tertiary/aromatic N) is 4. The molecule has 3 rings (SSSR count). The van der Waals surface area contributed by atoms with Crippen LogP contribution in [-0.2, 0) is 16.1 Å². The number of guanidine groups is 1. The lowest BCUT2D eigenvalue weighted by atomic mass is 9.97. The van der Waals surface area contributed by atoms with Crippen LogP contribution in [0.3, 0.4) is 0 Å². The Kier molecular flexibility index (Phi) is 8.75. The number of aliphatic imine (C=N–C) groups is 1. The van der Waals surface area contributed by atoms with Crippen molar-refractivity contribution in [3.05, 3.63) is 48.5 Å². The first-order valence-electron chi connectivity index (χ1n) is 9.40. The Hall–Kier alpha value is -2.10. The number of imidazole rings is 1. The molecule has 2 aromatic rings. The molecule has 1 aromatic heterocycles. The minimum absolute atomic E-state index is 0. The first-order valence-corrected chi connectivity index (χ1v) is 9.40. The molecule has 1 aliphatic heterocycles. The minimum atomic E-state index is -0.106. The van der Waals surface area contributed by atoms with Crippen LogP contribution in [0, 0.1) is 5.92 Å². The predicted molar refractivity (Wildman–Crippen MR) is 120 cm³/mol. The van der Waals surface area contributed by atoms with Crippen molar-refractivity contribution in [2.24, 2.45) is 10.9 Å². The maximum atomic E-state index is 11.7. The third-order valence-electron chi connectivity index (χ3n) is 4.84. The number of carbonyl (C=O) groups is 1. The maximum absolute atomic E-state index is 11.7. The molecule has 0 aliphatic carbocycles. The lowest BCUT2D eigenvalue weighted by Crippen LogP contribution is -2.46. The molecule has 1 saturated heterocycles. The van der Waals surface area contributed by atoms with Crippen molar-refractivity contribution in [3.63, 3.8) is 0 Å². The average Bonchev–Trinajstić information content (AvgIpc) is 3.25. The van der Waals surface area contributed by atoms with E-state index in [1.165, 1.54) is 7.11 Å². The van der Waals surface area contributed by atoms with E-state index in [1.54, 1.807) is 12.5 Å². The standard InChI is InChI=1S/C20H27N5O2.HI/c1-3-22-20(24-11-8-16(9-12-24)19(26)27-2)23-14-17-6-4-5-7-18(17)25-13-10-21-15-25;/h4-7,10,13,15-16H,3,8-9,11-12,14H2,1-2H3,(H,22,23);1H. The fourth-order valence-corrected chi connectivity index (χ4v) is 3.38. The van der Waals surface area contributed by atoms with E-state index in [9.17, 15) is 4.79 Å². The van der Waals surface area contributed by atoms with Crippen LogP contribution in [0.2, 0.25) is 0 Å². The van der Waals surface area contributed by atoms with Gasteiger partial charge in [0.15, 0.2) is 5.96 Å². The predicted octanol–water partition coefficient (Wildman–Crippen LogP) is 2.84. The summed E-state index contributed by atoms with van der Waals surface area (Å²) in [4.78, 5) is 22.9. The van der Waals surface area contributed by atoms with Gasteiger partial charge in [-0.15, -0.1) is 24.0 Å². The quantitative estimate of drug-likeness (QED) is 0.298. The van der Waals surface area contributed by atoms with Gasteiger partial charge in [0, 0.05) is 32.0 Å². The SMILES string of the molecule is CCNC(=NCc1ccccc1-n1ccnc1)N1CCC(C(=O)OC)CC1.I. The normalized spacial score (nSPS) is 15.1. The Morgan fingerprint density at radius 2 is 2.07 bits per heavy atom. The number of rotatable bonds is 5. The summed E-state index contributed by atoms with van der Waals surface area (Å²) in [5.74, 6) is 0.781. The highest BCUT2D eigenvalue weighted by Gasteiger charge is 2.26. The number of halogens is 1. The van der Waals surface area contributed by atoms with Gasteiger partial charge in [0.05, 0.1) is 31.6 Å². The number of hydrogen-bond acceptors (Lipinski definition) is 4. The van der Waals surface area contributed by atoms with Crippen LogP contribution in [0.4, 0.5) is 0 Å². The molecule has 0 amide bonds. The number of esters is 1. The molecule has 0 saturated carbocycles. The van der Waals surface area contributed by atoms with E-state index in [-0.39, 0.29) is 35.9 Å². The Labute approximate surface area is 183 Å². The van der Waals surface area contributed by atoms with Crippen LogP contribution in [0.5, 0.6) is 0 Å². The van der Waals surface area contributed by atoms with E-state index in [0.29, 0.717) is 6.54 Å². The zero-order valence-corrected chi connectivity index (χ0v) is 18.7. The fourth-order valence-electron chi connectivity index (χ4n) is 3.38. The largest absolute Gasteiger partial charge is 0.469 e. The number of carbonyl (C=O) groups excluding carboxylic acids is 1. The number of ether oxygens (including phenoxy) is 1. The average molecular weight is 497 g/mol. The number of aromatic nitrogens is 2. The van der Waals surface area contributed by atoms with E-state index in [1.807, 2.05) is 22.9 Å². The smallest absolute Gasteiger partial charge is 0.308 e.